The van der Waals surface area contributed by atoms with Crippen molar-refractivity contribution in [2.24, 2.45) is 28.7 Å². The van der Waals surface area contributed by atoms with Crippen LogP contribution >= 0.6 is 0 Å². The van der Waals surface area contributed by atoms with Gasteiger partial charge in [-0.1, -0.05) is 6.92 Å². The summed E-state index contributed by atoms with van der Waals surface area (Å²) in [4.78, 5) is 16.0. The van der Waals surface area contributed by atoms with Crippen molar-refractivity contribution >= 4 is 11.7 Å². The molecule has 0 N–H and O–H groups in total. The Hall–Kier alpha value is -0.900. The highest BCUT2D eigenvalue weighted by atomic mass is 16.5. The molecule has 3 aliphatic heterocycles. The van der Waals surface area contributed by atoms with Gasteiger partial charge in [0.05, 0.1) is 18.1 Å². The van der Waals surface area contributed by atoms with E-state index in [0.29, 0.717) is 24.5 Å². The third-order valence-electron chi connectivity index (χ3n) is 5.70. The Balaban J connectivity index is 1.53. The van der Waals surface area contributed by atoms with Crippen LogP contribution in [-0.4, -0.2) is 36.5 Å². The average Bonchev–Trinajstić information content (AvgIpc) is 2.88. The van der Waals surface area contributed by atoms with E-state index in [1.807, 2.05) is 0 Å². The largest absolute Gasteiger partial charge is 0.478 e. The fourth-order valence-electron chi connectivity index (χ4n) is 4.28. The monoisotopic (exact) mass is 277 g/mol. The predicted molar refractivity (Wildman–Crippen MR) is 74.6 cm³/mol. The van der Waals surface area contributed by atoms with Gasteiger partial charge in [-0.25, -0.2) is 4.99 Å². The lowest BCUT2D eigenvalue weighted by Crippen LogP contribution is -2.34. The molecule has 4 aliphatic rings. The maximum Gasteiger partial charge on any atom is 0.190 e. The number of nitrogens with zero attached hydrogens (tertiary/aromatic N) is 1. The number of ketones is 1. The van der Waals surface area contributed by atoms with E-state index in [1.54, 1.807) is 6.92 Å². The van der Waals surface area contributed by atoms with Crippen molar-refractivity contribution in [3.05, 3.63) is 0 Å². The van der Waals surface area contributed by atoms with E-state index in [2.05, 4.69) is 11.9 Å². The molecule has 0 radical (unpaired) electrons. The molecule has 20 heavy (non-hydrogen) atoms. The van der Waals surface area contributed by atoms with Gasteiger partial charge in [-0.2, -0.15) is 0 Å². The molecule has 0 amide bonds. The van der Waals surface area contributed by atoms with Gasteiger partial charge in [0, 0.05) is 0 Å². The third-order valence-corrected chi connectivity index (χ3v) is 5.70. The lowest BCUT2D eigenvalue weighted by molar-refractivity contribution is -0.118. The summed E-state index contributed by atoms with van der Waals surface area (Å²) >= 11 is 0. The summed E-state index contributed by atoms with van der Waals surface area (Å²) < 4.78 is 11.9. The van der Waals surface area contributed by atoms with Crippen LogP contribution in [0.5, 0.6) is 0 Å². The summed E-state index contributed by atoms with van der Waals surface area (Å²) in [6.45, 7) is 4.37. The fraction of sp³-hybridized carbons (Fsp3) is 0.875. The maximum atomic E-state index is 11.5. The molecule has 0 aromatic rings. The number of fused-ring (bicyclic) bond motifs is 2. The molecule has 4 rings (SSSR count). The zero-order valence-corrected chi connectivity index (χ0v) is 12.2. The van der Waals surface area contributed by atoms with Crippen molar-refractivity contribution in [3.63, 3.8) is 0 Å². The summed E-state index contributed by atoms with van der Waals surface area (Å²) in [6, 6.07) is -0.273. The van der Waals surface area contributed by atoms with E-state index in [0.717, 1.165) is 24.2 Å². The topological polar surface area (TPSA) is 47.9 Å². The molecule has 1 saturated carbocycles. The molecule has 3 fully saturated rings. The van der Waals surface area contributed by atoms with Gasteiger partial charge in [0.1, 0.15) is 12.6 Å². The molecule has 4 nitrogen and oxygen atoms in total. The second kappa shape index (κ2) is 4.55. The molecule has 7 atom stereocenters. The van der Waals surface area contributed by atoms with E-state index >= 15 is 0 Å². The van der Waals surface area contributed by atoms with E-state index in [4.69, 9.17) is 9.47 Å². The molecule has 0 aromatic carbocycles. The lowest BCUT2D eigenvalue weighted by atomic mass is 9.76. The highest BCUT2D eigenvalue weighted by Gasteiger charge is 2.54. The summed E-state index contributed by atoms with van der Waals surface area (Å²) in [5, 5.41) is 0. The molecule has 110 valence electrons. The zero-order chi connectivity index (χ0) is 13.9. The molecule has 7 unspecified atom stereocenters. The van der Waals surface area contributed by atoms with Crippen LogP contribution in [0.15, 0.2) is 4.99 Å². The van der Waals surface area contributed by atoms with Gasteiger partial charge in [-0.05, 0) is 50.4 Å². The maximum absolute atomic E-state index is 11.5. The number of ether oxygens (including phenoxy) is 2. The van der Waals surface area contributed by atoms with Crippen LogP contribution in [0.2, 0.25) is 0 Å². The average molecular weight is 277 g/mol. The number of Topliss-reactive ketones (excluding diaryl/α,β-unsaturated/α-hetero) is 1. The molecule has 2 bridgehead atoms. The number of aliphatic imine (C=N–C) groups is 1. The minimum atomic E-state index is -0.273. The van der Waals surface area contributed by atoms with Gasteiger partial charge in [0.15, 0.2) is 11.7 Å². The van der Waals surface area contributed by atoms with Crippen LogP contribution < -0.4 is 0 Å². The SMILES string of the molecule is CC(=O)C1COC(C2C3CCC(O3)C2CC2CC2C)=N1. The molecule has 0 spiro atoms. The molecule has 0 aromatic heterocycles. The van der Waals surface area contributed by atoms with Crippen LogP contribution in [0.4, 0.5) is 0 Å². The Morgan fingerprint density at radius 2 is 2.10 bits per heavy atom. The molecule has 2 saturated heterocycles. The van der Waals surface area contributed by atoms with Crippen molar-refractivity contribution in [2.75, 3.05) is 6.61 Å². The van der Waals surface area contributed by atoms with Gasteiger partial charge in [-0.15, -0.1) is 0 Å². The minimum Gasteiger partial charge on any atom is -0.478 e. The number of carbonyl (C=O) groups is 1. The quantitative estimate of drug-likeness (QED) is 0.791. The molecular weight excluding hydrogens is 254 g/mol. The summed E-state index contributed by atoms with van der Waals surface area (Å²) in [7, 11) is 0. The Morgan fingerprint density at radius 3 is 2.75 bits per heavy atom. The smallest absolute Gasteiger partial charge is 0.190 e. The normalized spacial score (nSPS) is 49.1. The van der Waals surface area contributed by atoms with Crippen molar-refractivity contribution in [1.29, 1.82) is 0 Å². The van der Waals surface area contributed by atoms with E-state index < -0.39 is 0 Å². The van der Waals surface area contributed by atoms with Crippen molar-refractivity contribution in [2.45, 2.75) is 57.8 Å². The number of carbonyl (C=O) groups excluding carboxylic acids is 1. The molecular formula is C16H23NO3. The van der Waals surface area contributed by atoms with Crippen LogP contribution in [-0.2, 0) is 14.3 Å². The van der Waals surface area contributed by atoms with Gasteiger partial charge in [0.25, 0.3) is 0 Å². The number of rotatable bonds is 4. The summed E-state index contributed by atoms with van der Waals surface area (Å²) in [5.74, 6) is 3.55. The van der Waals surface area contributed by atoms with Gasteiger partial charge in [0.2, 0.25) is 0 Å². The first kappa shape index (κ1) is 12.8. The summed E-state index contributed by atoms with van der Waals surface area (Å²) in [6.07, 6.45) is 5.61. The first-order valence-electron chi connectivity index (χ1n) is 8.00. The number of hydrogen-bond acceptors (Lipinski definition) is 4. The van der Waals surface area contributed by atoms with Gasteiger partial charge >= 0.3 is 0 Å². The molecule has 4 heteroatoms. The van der Waals surface area contributed by atoms with E-state index in [-0.39, 0.29) is 17.9 Å². The molecule has 1 aliphatic carbocycles. The Kier molecular flexibility index (Phi) is 2.92. The van der Waals surface area contributed by atoms with E-state index in [9.17, 15) is 4.79 Å². The predicted octanol–water partition coefficient (Wildman–Crippen LogP) is 2.21. The second-order valence-electron chi connectivity index (χ2n) is 7.09. The third kappa shape index (κ3) is 2.00. The van der Waals surface area contributed by atoms with Crippen molar-refractivity contribution < 1.29 is 14.3 Å². The Bertz CT molecular complexity index is 461. The van der Waals surface area contributed by atoms with Crippen LogP contribution in [0.25, 0.3) is 0 Å². The summed E-state index contributed by atoms with van der Waals surface area (Å²) in [5.41, 5.74) is 0. The fourth-order valence-corrected chi connectivity index (χ4v) is 4.28. The Labute approximate surface area is 119 Å². The van der Waals surface area contributed by atoms with Gasteiger partial charge < -0.3 is 9.47 Å². The number of hydrogen-bond donors (Lipinski definition) is 0. The van der Waals surface area contributed by atoms with Crippen LogP contribution in [0.1, 0.15) is 39.5 Å². The van der Waals surface area contributed by atoms with Crippen LogP contribution in [0, 0.1) is 23.7 Å². The highest BCUT2D eigenvalue weighted by molar-refractivity contribution is 5.89. The van der Waals surface area contributed by atoms with Crippen molar-refractivity contribution in [3.8, 4) is 0 Å². The molecule has 3 heterocycles. The standard InChI is InChI=1S/C16H23NO3/c1-8-5-10(8)6-11-13-3-4-14(20-13)15(11)16-17-12(7-19-16)9(2)18/h8,10-15H,3-7H2,1-2H3. The minimum absolute atomic E-state index is 0.108. The first-order valence-corrected chi connectivity index (χ1v) is 8.00. The second-order valence-corrected chi connectivity index (χ2v) is 7.09. The zero-order valence-electron chi connectivity index (χ0n) is 12.2. The highest BCUT2D eigenvalue weighted by Crippen LogP contribution is 2.52. The Morgan fingerprint density at radius 1 is 1.35 bits per heavy atom. The van der Waals surface area contributed by atoms with Crippen molar-refractivity contribution in [1.82, 2.24) is 0 Å². The lowest BCUT2D eigenvalue weighted by Gasteiger charge is -2.27. The van der Waals surface area contributed by atoms with Crippen LogP contribution in [0.3, 0.4) is 0 Å². The van der Waals surface area contributed by atoms with E-state index in [1.165, 1.54) is 19.3 Å². The van der Waals surface area contributed by atoms with Gasteiger partial charge in [-0.3, -0.25) is 4.79 Å². The first-order chi connectivity index (χ1) is 9.63.